The minimum absolute atomic E-state index is 0.504. The highest BCUT2D eigenvalue weighted by Crippen LogP contribution is 2.02. The zero-order valence-electron chi connectivity index (χ0n) is 7.29. The van der Waals surface area contributed by atoms with Crippen LogP contribution in [-0.2, 0) is 0 Å². The van der Waals surface area contributed by atoms with Crippen molar-refractivity contribution in [1.29, 1.82) is 0 Å². The average molecular weight is 161 g/mol. The van der Waals surface area contributed by atoms with Gasteiger partial charge in [0.05, 0.1) is 6.61 Å². The maximum absolute atomic E-state index is 5.47. The predicted molar refractivity (Wildman–Crippen MR) is 50.0 cm³/mol. The van der Waals surface area contributed by atoms with Gasteiger partial charge in [0, 0.05) is 6.07 Å². The zero-order valence-corrected chi connectivity index (χ0v) is 7.29. The van der Waals surface area contributed by atoms with Crippen LogP contribution in [0, 0.1) is 0 Å². The second-order valence-electron chi connectivity index (χ2n) is 2.60. The van der Waals surface area contributed by atoms with Gasteiger partial charge in [0.25, 0.3) is 0 Å². The molecule has 3 heteroatoms. The van der Waals surface area contributed by atoms with Crippen LogP contribution in [-0.4, -0.2) is 19.4 Å². The van der Waals surface area contributed by atoms with Gasteiger partial charge in [-0.05, 0) is 12.0 Å². The number of unbranched alkanes of at least 4 members (excludes halogenated alkanes) is 1. The highest BCUT2D eigenvalue weighted by molar-refractivity contribution is 6.30. The van der Waals surface area contributed by atoms with E-state index in [1.54, 1.807) is 6.07 Å². The minimum atomic E-state index is 0.504. The fourth-order valence-corrected chi connectivity index (χ4v) is 0.832. The number of hydrogen-bond acceptors (Lipinski definition) is 2. The van der Waals surface area contributed by atoms with Gasteiger partial charge in [-0.15, -0.1) is 0 Å². The smallest absolute Gasteiger partial charge is 0.212 e. The molecule has 1 aromatic rings. The summed E-state index contributed by atoms with van der Waals surface area (Å²) in [6.45, 7) is 2.84. The molecule has 1 heterocycles. The Hall–Kier alpha value is -0.985. The predicted octanol–water partition coefficient (Wildman–Crippen LogP) is 1.05. The van der Waals surface area contributed by atoms with Gasteiger partial charge in [-0.25, -0.2) is 4.98 Å². The highest BCUT2D eigenvalue weighted by Gasteiger charge is 1.93. The molecule has 0 atom stereocenters. The Balaban J connectivity index is 2.41. The van der Waals surface area contributed by atoms with Gasteiger partial charge in [0.1, 0.15) is 7.85 Å². The van der Waals surface area contributed by atoms with E-state index in [1.807, 2.05) is 12.1 Å². The quantitative estimate of drug-likeness (QED) is 0.486. The van der Waals surface area contributed by atoms with Crippen LogP contribution < -0.4 is 10.3 Å². The summed E-state index contributed by atoms with van der Waals surface area (Å²) in [5.74, 6) is 0.614. The van der Waals surface area contributed by atoms with Gasteiger partial charge in [-0.3, -0.25) is 0 Å². The van der Waals surface area contributed by atoms with Crippen molar-refractivity contribution in [2.75, 3.05) is 6.61 Å². The summed E-state index contributed by atoms with van der Waals surface area (Å²) in [6.07, 6.45) is 2.18. The van der Waals surface area contributed by atoms with E-state index in [9.17, 15) is 0 Å². The summed E-state index contributed by atoms with van der Waals surface area (Å²) < 4.78 is 5.34. The summed E-state index contributed by atoms with van der Waals surface area (Å²) in [5.41, 5.74) is 0.504. The van der Waals surface area contributed by atoms with Crippen molar-refractivity contribution in [3.8, 4) is 5.88 Å². The molecule has 0 aliphatic carbocycles. The van der Waals surface area contributed by atoms with Gasteiger partial charge >= 0.3 is 0 Å². The Labute approximate surface area is 74.4 Å². The highest BCUT2D eigenvalue weighted by atomic mass is 16.5. The van der Waals surface area contributed by atoms with Gasteiger partial charge in [-0.2, -0.15) is 0 Å². The fourth-order valence-electron chi connectivity index (χ4n) is 0.832. The van der Waals surface area contributed by atoms with Crippen molar-refractivity contribution in [3.63, 3.8) is 0 Å². The van der Waals surface area contributed by atoms with Crippen LogP contribution in [0.3, 0.4) is 0 Å². The Bertz CT molecular complexity index is 240. The summed E-state index contributed by atoms with van der Waals surface area (Å²) >= 11 is 0. The minimum Gasteiger partial charge on any atom is -0.478 e. The summed E-state index contributed by atoms with van der Waals surface area (Å²) in [4.78, 5) is 4.00. The first-order valence-electron chi connectivity index (χ1n) is 4.18. The second kappa shape index (κ2) is 4.80. The number of pyridine rings is 1. The SMILES string of the molecule is [B]c1cccc(OCCCC)n1. The van der Waals surface area contributed by atoms with E-state index in [2.05, 4.69) is 11.9 Å². The molecule has 0 saturated heterocycles. The number of hydrogen-bond donors (Lipinski definition) is 0. The Morgan fingerprint density at radius 2 is 2.33 bits per heavy atom. The molecular weight excluding hydrogens is 149 g/mol. The van der Waals surface area contributed by atoms with Crippen LogP contribution >= 0.6 is 0 Å². The molecule has 0 fully saturated rings. The first-order chi connectivity index (χ1) is 5.83. The molecule has 2 radical (unpaired) electrons. The maximum Gasteiger partial charge on any atom is 0.212 e. The van der Waals surface area contributed by atoms with Crippen molar-refractivity contribution in [2.45, 2.75) is 19.8 Å². The summed E-state index contributed by atoms with van der Waals surface area (Å²) in [5, 5.41) is 0. The van der Waals surface area contributed by atoms with E-state index < -0.39 is 0 Å². The van der Waals surface area contributed by atoms with E-state index in [4.69, 9.17) is 12.6 Å². The van der Waals surface area contributed by atoms with E-state index in [0.29, 0.717) is 18.1 Å². The van der Waals surface area contributed by atoms with Crippen LogP contribution in [0.25, 0.3) is 0 Å². The van der Waals surface area contributed by atoms with Crippen molar-refractivity contribution < 1.29 is 4.74 Å². The molecule has 12 heavy (non-hydrogen) atoms. The third-order valence-corrected chi connectivity index (χ3v) is 1.49. The van der Waals surface area contributed by atoms with Crippen LogP contribution in [0.1, 0.15) is 19.8 Å². The van der Waals surface area contributed by atoms with E-state index in [0.717, 1.165) is 12.8 Å². The van der Waals surface area contributed by atoms with E-state index >= 15 is 0 Å². The molecule has 0 aromatic carbocycles. The van der Waals surface area contributed by atoms with Crippen molar-refractivity contribution >= 4 is 13.4 Å². The van der Waals surface area contributed by atoms with Gasteiger partial charge < -0.3 is 4.74 Å². The molecule has 0 aliphatic heterocycles. The first kappa shape index (κ1) is 9.11. The lowest BCUT2D eigenvalue weighted by Crippen LogP contribution is -2.09. The normalized spacial score (nSPS) is 9.75. The monoisotopic (exact) mass is 161 g/mol. The van der Waals surface area contributed by atoms with Crippen LogP contribution in [0.2, 0.25) is 0 Å². The molecular formula is C9H12BNO. The molecule has 0 spiro atoms. The van der Waals surface area contributed by atoms with E-state index in [-0.39, 0.29) is 0 Å². The molecule has 62 valence electrons. The molecule has 0 saturated carbocycles. The molecule has 0 amide bonds. The van der Waals surface area contributed by atoms with Gasteiger partial charge in [0.15, 0.2) is 0 Å². The first-order valence-corrected chi connectivity index (χ1v) is 4.18. The van der Waals surface area contributed by atoms with Crippen molar-refractivity contribution in [2.24, 2.45) is 0 Å². The molecule has 0 unspecified atom stereocenters. The maximum atomic E-state index is 5.47. The Morgan fingerprint density at radius 3 is 3.00 bits per heavy atom. The lowest BCUT2D eigenvalue weighted by molar-refractivity contribution is 0.298. The van der Waals surface area contributed by atoms with Crippen molar-refractivity contribution in [1.82, 2.24) is 4.98 Å². The average Bonchev–Trinajstić information content (AvgIpc) is 2.05. The van der Waals surface area contributed by atoms with Crippen LogP contribution in [0.5, 0.6) is 5.88 Å². The molecule has 0 aliphatic rings. The summed E-state index contributed by atoms with van der Waals surface area (Å²) in [7, 11) is 5.47. The zero-order chi connectivity index (χ0) is 8.81. The molecule has 0 bridgehead atoms. The van der Waals surface area contributed by atoms with Gasteiger partial charge in [0.2, 0.25) is 5.88 Å². The standard InChI is InChI=1S/C9H12BNO/c1-2-3-7-12-9-6-4-5-8(10)11-9/h4-6H,2-3,7H2,1H3. The molecule has 2 nitrogen and oxygen atoms in total. The molecule has 0 N–H and O–H groups in total. The third kappa shape index (κ3) is 2.95. The number of rotatable bonds is 4. The number of aromatic nitrogens is 1. The largest absolute Gasteiger partial charge is 0.478 e. The third-order valence-electron chi connectivity index (χ3n) is 1.49. The number of nitrogens with zero attached hydrogens (tertiary/aromatic N) is 1. The fraction of sp³-hybridized carbons (Fsp3) is 0.444. The van der Waals surface area contributed by atoms with E-state index in [1.165, 1.54) is 0 Å². The van der Waals surface area contributed by atoms with Crippen LogP contribution in [0.15, 0.2) is 18.2 Å². The number of ether oxygens (including phenoxy) is 1. The molecule has 1 rings (SSSR count). The Morgan fingerprint density at radius 1 is 1.50 bits per heavy atom. The van der Waals surface area contributed by atoms with Crippen LogP contribution in [0.4, 0.5) is 0 Å². The molecule has 1 aromatic heterocycles. The topological polar surface area (TPSA) is 22.1 Å². The summed E-state index contributed by atoms with van der Waals surface area (Å²) in [6, 6.07) is 5.39. The Kier molecular flexibility index (Phi) is 3.65. The van der Waals surface area contributed by atoms with Crippen molar-refractivity contribution in [3.05, 3.63) is 18.2 Å². The van der Waals surface area contributed by atoms with Gasteiger partial charge in [-0.1, -0.05) is 25.5 Å². The lowest BCUT2D eigenvalue weighted by Gasteiger charge is -2.03. The second-order valence-corrected chi connectivity index (χ2v) is 2.60. The lowest BCUT2D eigenvalue weighted by atomic mass is 10.0.